The van der Waals surface area contributed by atoms with E-state index >= 15 is 0 Å². The molecule has 19 heavy (non-hydrogen) atoms. The Morgan fingerprint density at radius 3 is 2.84 bits per heavy atom. The molecule has 4 N–H and O–H groups in total. The molecule has 3 heterocycles. The van der Waals surface area contributed by atoms with Gasteiger partial charge in [0.25, 0.3) is 5.91 Å². The lowest BCUT2D eigenvalue weighted by Crippen LogP contribution is -2.53. The van der Waals surface area contributed by atoms with E-state index in [1.807, 2.05) is 0 Å². The lowest BCUT2D eigenvalue weighted by molar-refractivity contribution is -0.124. The van der Waals surface area contributed by atoms with Crippen molar-refractivity contribution in [3.63, 3.8) is 0 Å². The predicted molar refractivity (Wildman–Crippen MR) is 62.3 cm³/mol. The highest BCUT2D eigenvalue weighted by Gasteiger charge is 2.50. The van der Waals surface area contributed by atoms with Crippen LogP contribution in [0, 0.1) is 0 Å². The molecule has 0 spiro atoms. The van der Waals surface area contributed by atoms with E-state index in [1.54, 1.807) is 0 Å². The van der Waals surface area contributed by atoms with Crippen LogP contribution in [-0.4, -0.2) is 82.2 Å². The van der Waals surface area contributed by atoms with Gasteiger partial charge in [0.05, 0.1) is 19.3 Å². The Morgan fingerprint density at radius 1 is 1.37 bits per heavy atom. The summed E-state index contributed by atoms with van der Waals surface area (Å²) in [7, 11) is 0. The molecule has 3 rings (SSSR count). The third-order valence-corrected chi connectivity index (χ3v) is 3.46. The molecule has 3 aliphatic heterocycles. The third kappa shape index (κ3) is 1.82. The number of carbonyl (C=O) groups excluding carboxylic acids is 1. The van der Waals surface area contributed by atoms with Gasteiger partial charge in [-0.05, 0) is 0 Å². The summed E-state index contributed by atoms with van der Waals surface area (Å²) in [6.45, 7) is -0.405. The van der Waals surface area contributed by atoms with Crippen LogP contribution in [0.2, 0.25) is 0 Å². The number of nitrogens with zero attached hydrogens (tertiary/aromatic N) is 3. The van der Waals surface area contributed by atoms with Crippen molar-refractivity contribution in [2.75, 3.05) is 6.61 Å². The van der Waals surface area contributed by atoms with Crippen LogP contribution in [0.3, 0.4) is 0 Å². The molecular weight excluding hydrogens is 256 g/mol. The molecule has 9 heteroatoms. The average Bonchev–Trinajstić information content (AvgIpc) is 2.94. The molecule has 6 atom stereocenters. The first-order valence-electron chi connectivity index (χ1n) is 5.88. The lowest BCUT2D eigenvalue weighted by atomic mass is 10.1. The molecule has 1 amide bonds. The molecule has 9 nitrogen and oxygen atoms in total. The largest absolute Gasteiger partial charge is 0.394 e. The van der Waals surface area contributed by atoms with Gasteiger partial charge in [-0.15, -0.1) is 0 Å². The maximum atomic E-state index is 11.6. The van der Waals surface area contributed by atoms with Crippen molar-refractivity contribution in [1.82, 2.24) is 10.2 Å². The number of nitrogens with one attached hydrogen (secondary N) is 1. The zero-order chi connectivity index (χ0) is 13.6. The first kappa shape index (κ1) is 12.5. The fraction of sp³-hybridized carbons (Fsp3) is 0.700. The molecule has 0 aliphatic carbocycles. The minimum atomic E-state index is -1.21. The highest BCUT2D eigenvalue weighted by molar-refractivity contribution is 5.96. The summed E-state index contributed by atoms with van der Waals surface area (Å²) < 4.78 is 5.38. The van der Waals surface area contributed by atoms with Crippen molar-refractivity contribution in [1.29, 1.82) is 0 Å². The van der Waals surface area contributed by atoms with Crippen LogP contribution in [0.15, 0.2) is 9.98 Å². The number of fused-ring (bicyclic) bond motifs is 1. The van der Waals surface area contributed by atoms with Gasteiger partial charge < -0.3 is 30.3 Å². The predicted octanol–water partition coefficient (Wildman–Crippen LogP) is -3.38. The van der Waals surface area contributed by atoms with Crippen molar-refractivity contribution in [3.05, 3.63) is 0 Å². The molecule has 0 aromatic heterocycles. The number of carbonyl (C=O) groups is 1. The summed E-state index contributed by atoms with van der Waals surface area (Å²) >= 11 is 0. The number of aliphatic hydroxyl groups is 3. The number of amides is 1. The Morgan fingerprint density at radius 2 is 2.16 bits per heavy atom. The van der Waals surface area contributed by atoms with Crippen LogP contribution in [0.5, 0.6) is 0 Å². The quantitative estimate of drug-likeness (QED) is 0.414. The lowest BCUT2D eigenvalue weighted by Gasteiger charge is -2.31. The highest BCUT2D eigenvalue weighted by Crippen LogP contribution is 2.29. The summed E-state index contributed by atoms with van der Waals surface area (Å²) in [5.41, 5.74) is 0. The van der Waals surface area contributed by atoms with E-state index in [1.165, 1.54) is 17.6 Å². The number of rotatable bonds is 2. The van der Waals surface area contributed by atoms with Crippen LogP contribution in [0.25, 0.3) is 0 Å². The van der Waals surface area contributed by atoms with E-state index in [2.05, 4.69) is 15.3 Å². The smallest absolute Gasteiger partial charge is 0.254 e. The summed E-state index contributed by atoms with van der Waals surface area (Å²) in [5, 5.41) is 31.1. The van der Waals surface area contributed by atoms with Crippen molar-refractivity contribution < 1.29 is 24.9 Å². The Bertz CT molecular complexity index is 442. The van der Waals surface area contributed by atoms with E-state index in [-0.39, 0.29) is 5.91 Å². The molecule has 6 unspecified atom stereocenters. The molecule has 0 aromatic rings. The SMILES string of the molecule is O=C1NC=NC2C1N=CN2C1OC(CO)C(O)C1O. The van der Waals surface area contributed by atoms with Crippen molar-refractivity contribution in [2.24, 2.45) is 9.98 Å². The Kier molecular flexibility index (Phi) is 2.97. The van der Waals surface area contributed by atoms with Gasteiger partial charge in [0, 0.05) is 0 Å². The van der Waals surface area contributed by atoms with E-state index < -0.39 is 43.4 Å². The topological polar surface area (TPSA) is 127 Å². The third-order valence-electron chi connectivity index (χ3n) is 3.46. The van der Waals surface area contributed by atoms with Gasteiger partial charge in [-0.1, -0.05) is 0 Å². The van der Waals surface area contributed by atoms with Gasteiger partial charge in [0.15, 0.2) is 18.4 Å². The molecule has 1 saturated heterocycles. The molecular formula is C10H14N4O5. The number of hydrogen-bond acceptors (Lipinski definition) is 8. The number of ether oxygens (including phenoxy) is 1. The van der Waals surface area contributed by atoms with Crippen LogP contribution in [0.4, 0.5) is 0 Å². The monoisotopic (exact) mass is 270 g/mol. The number of aliphatic hydroxyl groups excluding tert-OH is 3. The van der Waals surface area contributed by atoms with Crippen LogP contribution < -0.4 is 5.32 Å². The van der Waals surface area contributed by atoms with Gasteiger partial charge in [-0.3, -0.25) is 9.79 Å². The minimum Gasteiger partial charge on any atom is -0.394 e. The second-order valence-electron chi connectivity index (χ2n) is 4.59. The van der Waals surface area contributed by atoms with Gasteiger partial charge in [-0.25, -0.2) is 4.99 Å². The molecule has 104 valence electrons. The normalized spacial score (nSPS) is 44.6. The number of aliphatic imine (C=N–C) groups is 2. The molecule has 3 aliphatic rings. The zero-order valence-corrected chi connectivity index (χ0v) is 9.83. The molecule has 0 aromatic carbocycles. The van der Waals surface area contributed by atoms with E-state index in [9.17, 15) is 15.0 Å². The first-order chi connectivity index (χ1) is 9.13. The maximum absolute atomic E-state index is 11.6. The summed E-state index contributed by atoms with van der Waals surface area (Å²) in [5.74, 6) is -0.287. The molecule has 0 bridgehead atoms. The minimum absolute atomic E-state index is 0.287. The first-order valence-corrected chi connectivity index (χ1v) is 5.88. The second-order valence-corrected chi connectivity index (χ2v) is 4.59. The van der Waals surface area contributed by atoms with Gasteiger partial charge in [0.2, 0.25) is 0 Å². The van der Waals surface area contributed by atoms with Gasteiger partial charge in [-0.2, -0.15) is 0 Å². The second kappa shape index (κ2) is 4.53. The maximum Gasteiger partial charge on any atom is 0.254 e. The van der Waals surface area contributed by atoms with Gasteiger partial charge >= 0.3 is 0 Å². The standard InChI is InChI=1S/C10H14N4O5/c15-1-4-6(16)7(17)10(19-4)14-3-13-5-8(14)11-2-12-9(5)18/h2-8,10,15-17H,1H2,(H,11,12,18). The van der Waals surface area contributed by atoms with Gasteiger partial charge in [0.1, 0.15) is 18.3 Å². The zero-order valence-electron chi connectivity index (χ0n) is 9.83. The fourth-order valence-electron chi connectivity index (χ4n) is 2.42. The molecule has 1 fully saturated rings. The van der Waals surface area contributed by atoms with E-state index in [0.29, 0.717) is 0 Å². The number of hydrogen-bond donors (Lipinski definition) is 4. The fourth-order valence-corrected chi connectivity index (χ4v) is 2.42. The average molecular weight is 270 g/mol. The van der Waals surface area contributed by atoms with Crippen LogP contribution in [-0.2, 0) is 9.53 Å². The van der Waals surface area contributed by atoms with Crippen molar-refractivity contribution in [3.8, 4) is 0 Å². The Labute approximate surface area is 108 Å². The van der Waals surface area contributed by atoms with E-state index in [4.69, 9.17) is 9.84 Å². The Balaban J connectivity index is 1.81. The van der Waals surface area contributed by atoms with Crippen LogP contribution >= 0.6 is 0 Å². The van der Waals surface area contributed by atoms with E-state index in [0.717, 1.165) is 0 Å². The van der Waals surface area contributed by atoms with Crippen molar-refractivity contribution >= 4 is 18.6 Å². The summed E-state index contributed by atoms with van der Waals surface area (Å²) in [6.07, 6.45) is -2.11. The molecule has 0 radical (unpaired) electrons. The summed E-state index contributed by atoms with van der Waals surface area (Å²) in [6, 6.07) is -0.689. The Hall–Kier alpha value is -1.55. The summed E-state index contributed by atoms with van der Waals surface area (Å²) in [4.78, 5) is 21.1. The highest BCUT2D eigenvalue weighted by atomic mass is 16.6. The van der Waals surface area contributed by atoms with Crippen LogP contribution in [0.1, 0.15) is 0 Å². The molecule has 0 saturated carbocycles. The van der Waals surface area contributed by atoms with Crippen molar-refractivity contribution in [2.45, 2.75) is 36.7 Å².